The highest BCUT2D eigenvalue weighted by atomic mass is 35.5. The highest BCUT2D eigenvalue weighted by Crippen LogP contribution is 2.22. The fourth-order valence-electron chi connectivity index (χ4n) is 2.14. The van der Waals surface area contributed by atoms with Gasteiger partial charge in [0.25, 0.3) is 15.9 Å². The normalized spacial score (nSPS) is 11.4. The van der Waals surface area contributed by atoms with Gasteiger partial charge in [0.15, 0.2) is 0 Å². The Kier molecular flexibility index (Phi) is 6.08. The van der Waals surface area contributed by atoms with Gasteiger partial charge in [-0.15, -0.1) is 0 Å². The topological polar surface area (TPSA) is 75.3 Å². The van der Waals surface area contributed by atoms with Gasteiger partial charge in [-0.05, 0) is 60.9 Å². The maximum atomic E-state index is 12.4. The highest BCUT2D eigenvalue weighted by molar-refractivity contribution is 7.92. The summed E-state index contributed by atoms with van der Waals surface area (Å²) < 4.78 is 27.4. The third-order valence-electron chi connectivity index (χ3n) is 3.53. The molecule has 0 aliphatic heterocycles. The molecule has 0 saturated heterocycles. The lowest BCUT2D eigenvalue weighted by Crippen LogP contribution is -2.27. The monoisotopic (exact) mass is 380 g/mol. The summed E-state index contributed by atoms with van der Waals surface area (Å²) in [6, 6.07) is 10.8. The smallest absolute Gasteiger partial charge is 0.261 e. The molecule has 2 rings (SSSR count). The Hall–Kier alpha value is -2.05. The van der Waals surface area contributed by atoms with Crippen molar-refractivity contribution >= 4 is 33.2 Å². The van der Waals surface area contributed by atoms with Gasteiger partial charge in [0, 0.05) is 17.1 Å². The van der Waals surface area contributed by atoms with Crippen molar-refractivity contribution in [3.05, 3.63) is 58.6 Å². The number of carbonyl (C=O) groups is 1. The molecule has 0 fully saturated rings. The van der Waals surface area contributed by atoms with Crippen LogP contribution < -0.4 is 10.0 Å². The van der Waals surface area contributed by atoms with E-state index in [0.29, 0.717) is 34.3 Å². The van der Waals surface area contributed by atoms with Crippen molar-refractivity contribution in [1.82, 2.24) is 5.32 Å². The number of anilines is 1. The number of rotatable bonds is 6. The van der Waals surface area contributed by atoms with Gasteiger partial charge in [-0.25, -0.2) is 8.42 Å². The second kappa shape index (κ2) is 7.89. The molecule has 2 aromatic rings. The standard InChI is InChI=1S/C18H21ClN2O3S/c1-12(2)11-20-18(22)14-4-9-17(13(3)10-14)21-25(23,24)16-7-5-15(19)6-8-16/h4-10,12,21H,11H2,1-3H3,(H,20,22). The van der Waals surface area contributed by atoms with Gasteiger partial charge < -0.3 is 5.32 Å². The fraction of sp³-hybridized carbons (Fsp3) is 0.278. The minimum atomic E-state index is -3.72. The van der Waals surface area contributed by atoms with Gasteiger partial charge in [0.2, 0.25) is 0 Å². The van der Waals surface area contributed by atoms with Gasteiger partial charge in [-0.2, -0.15) is 0 Å². The molecule has 2 N–H and O–H groups in total. The van der Waals surface area contributed by atoms with E-state index in [1.165, 1.54) is 24.3 Å². The van der Waals surface area contributed by atoms with E-state index in [1.54, 1.807) is 25.1 Å². The molecule has 0 heterocycles. The number of aryl methyl sites for hydroxylation is 1. The average Bonchev–Trinajstić information content (AvgIpc) is 2.54. The maximum absolute atomic E-state index is 12.4. The van der Waals surface area contributed by atoms with Gasteiger partial charge in [0.05, 0.1) is 10.6 Å². The molecule has 0 bridgehead atoms. The lowest BCUT2D eigenvalue weighted by molar-refractivity contribution is 0.0949. The van der Waals surface area contributed by atoms with Crippen LogP contribution in [0.2, 0.25) is 5.02 Å². The van der Waals surface area contributed by atoms with Crippen molar-refractivity contribution in [3.8, 4) is 0 Å². The molecule has 0 atom stereocenters. The SMILES string of the molecule is Cc1cc(C(=O)NCC(C)C)ccc1NS(=O)(=O)c1ccc(Cl)cc1. The molecule has 0 radical (unpaired) electrons. The lowest BCUT2D eigenvalue weighted by Gasteiger charge is -2.13. The number of hydrogen-bond acceptors (Lipinski definition) is 3. The number of hydrogen-bond donors (Lipinski definition) is 2. The van der Waals surface area contributed by atoms with Crippen LogP contribution in [0.15, 0.2) is 47.4 Å². The van der Waals surface area contributed by atoms with Gasteiger partial charge in [-0.3, -0.25) is 9.52 Å². The predicted molar refractivity (Wildman–Crippen MR) is 101 cm³/mol. The first-order valence-electron chi connectivity index (χ1n) is 7.86. The highest BCUT2D eigenvalue weighted by Gasteiger charge is 2.16. The molecule has 1 amide bonds. The zero-order chi connectivity index (χ0) is 18.6. The van der Waals surface area contributed by atoms with Crippen LogP contribution in [0.5, 0.6) is 0 Å². The molecule has 0 aliphatic carbocycles. The molecule has 25 heavy (non-hydrogen) atoms. The second-order valence-corrected chi connectivity index (χ2v) is 8.31. The lowest BCUT2D eigenvalue weighted by atomic mass is 10.1. The molecule has 2 aromatic carbocycles. The Morgan fingerprint density at radius 2 is 1.76 bits per heavy atom. The zero-order valence-corrected chi connectivity index (χ0v) is 15.9. The molecule has 0 aromatic heterocycles. The van der Waals surface area contributed by atoms with Crippen LogP contribution in [0.1, 0.15) is 29.8 Å². The van der Waals surface area contributed by atoms with Crippen LogP contribution >= 0.6 is 11.6 Å². The largest absolute Gasteiger partial charge is 0.352 e. The number of halogens is 1. The summed E-state index contributed by atoms with van der Waals surface area (Å²) in [5.74, 6) is 0.180. The van der Waals surface area contributed by atoms with E-state index in [9.17, 15) is 13.2 Å². The van der Waals surface area contributed by atoms with E-state index in [2.05, 4.69) is 10.0 Å². The number of nitrogens with one attached hydrogen (secondary N) is 2. The average molecular weight is 381 g/mol. The Bertz CT molecular complexity index is 862. The van der Waals surface area contributed by atoms with Gasteiger partial charge in [-0.1, -0.05) is 25.4 Å². The van der Waals surface area contributed by atoms with Crippen LogP contribution in [0, 0.1) is 12.8 Å². The summed E-state index contributed by atoms with van der Waals surface area (Å²) in [6.45, 7) is 6.36. The van der Waals surface area contributed by atoms with E-state index < -0.39 is 10.0 Å². The van der Waals surface area contributed by atoms with Crippen molar-refractivity contribution in [2.75, 3.05) is 11.3 Å². The molecule has 134 valence electrons. The Labute approximate surface area is 153 Å². The van der Waals surface area contributed by atoms with E-state index in [1.807, 2.05) is 13.8 Å². The van der Waals surface area contributed by atoms with Crippen molar-refractivity contribution in [1.29, 1.82) is 0 Å². The summed E-state index contributed by atoms with van der Waals surface area (Å²) in [7, 11) is -3.72. The first kappa shape index (κ1) is 19.3. The number of carbonyl (C=O) groups excluding carboxylic acids is 1. The fourth-order valence-corrected chi connectivity index (χ4v) is 3.39. The third-order valence-corrected chi connectivity index (χ3v) is 5.16. The van der Waals surface area contributed by atoms with Crippen molar-refractivity contribution in [2.45, 2.75) is 25.7 Å². The van der Waals surface area contributed by atoms with Crippen LogP contribution in [-0.4, -0.2) is 20.9 Å². The van der Waals surface area contributed by atoms with Crippen molar-refractivity contribution < 1.29 is 13.2 Å². The van der Waals surface area contributed by atoms with E-state index in [0.717, 1.165) is 0 Å². The number of benzene rings is 2. The summed E-state index contributed by atoms with van der Waals surface area (Å²) in [5.41, 5.74) is 1.58. The van der Waals surface area contributed by atoms with Crippen LogP contribution in [0.4, 0.5) is 5.69 Å². The summed E-state index contributed by atoms with van der Waals surface area (Å²) in [6.07, 6.45) is 0. The maximum Gasteiger partial charge on any atom is 0.261 e. The summed E-state index contributed by atoms with van der Waals surface area (Å²) >= 11 is 5.79. The molecule has 7 heteroatoms. The Morgan fingerprint density at radius 1 is 1.12 bits per heavy atom. The van der Waals surface area contributed by atoms with Crippen LogP contribution in [0.3, 0.4) is 0 Å². The van der Waals surface area contributed by atoms with Crippen molar-refractivity contribution in [3.63, 3.8) is 0 Å². The molecular formula is C18H21ClN2O3S. The minimum absolute atomic E-state index is 0.120. The quantitative estimate of drug-likeness (QED) is 0.799. The van der Waals surface area contributed by atoms with Crippen molar-refractivity contribution in [2.24, 2.45) is 5.92 Å². The second-order valence-electron chi connectivity index (χ2n) is 6.19. The van der Waals surface area contributed by atoms with Crippen LogP contribution in [0.25, 0.3) is 0 Å². The third kappa shape index (κ3) is 5.21. The van der Waals surface area contributed by atoms with E-state index >= 15 is 0 Å². The van der Waals surface area contributed by atoms with E-state index in [-0.39, 0.29) is 10.8 Å². The number of sulfonamides is 1. The van der Waals surface area contributed by atoms with Crippen LogP contribution in [-0.2, 0) is 10.0 Å². The summed E-state index contributed by atoms with van der Waals surface area (Å²) in [5, 5.41) is 3.30. The number of amides is 1. The zero-order valence-electron chi connectivity index (χ0n) is 14.3. The minimum Gasteiger partial charge on any atom is -0.352 e. The molecule has 0 saturated carbocycles. The molecule has 0 unspecified atom stereocenters. The first-order valence-corrected chi connectivity index (χ1v) is 9.72. The molecule has 0 aliphatic rings. The first-order chi connectivity index (χ1) is 11.7. The Morgan fingerprint density at radius 3 is 2.32 bits per heavy atom. The predicted octanol–water partition coefficient (Wildman–Crippen LogP) is 3.84. The molecule has 0 spiro atoms. The van der Waals surface area contributed by atoms with Gasteiger partial charge in [0.1, 0.15) is 0 Å². The van der Waals surface area contributed by atoms with Gasteiger partial charge >= 0.3 is 0 Å². The Balaban J connectivity index is 2.18. The molecular weight excluding hydrogens is 360 g/mol. The summed E-state index contributed by atoms with van der Waals surface area (Å²) in [4.78, 5) is 12.2. The van der Waals surface area contributed by atoms with E-state index in [4.69, 9.17) is 11.6 Å². The molecule has 5 nitrogen and oxygen atoms in total.